The lowest BCUT2D eigenvalue weighted by atomic mass is 10.1. The molecule has 0 aliphatic heterocycles. The molecule has 0 saturated heterocycles. The van der Waals surface area contributed by atoms with Gasteiger partial charge in [-0.15, -0.1) is 0 Å². The first kappa shape index (κ1) is 20.6. The second-order valence-corrected chi connectivity index (χ2v) is 7.84. The van der Waals surface area contributed by atoms with Gasteiger partial charge in [0.2, 0.25) is 15.9 Å². The van der Waals surface area contributed by atoms with Crippen molar-refractivity contribution in [2.45, 2.75) is 13.0 Å². The summed E-state index contributed by atoms with van der Waals surface area (Å²) in [5.41, 5.74) is 0.659. The maximum atomic E-state index is 13.5. The molecular weight excluding hydrogens is 378 g/mol. The number of amides is 1. The molecule has 2 aromatic rings. The van der Waals surface area contributed by atoms with Crippen LogP contribution in [0, 0.1) is 11.6 Å². The molecular formula is C18H20F2N2O4S. The maximum Gasteiger partial charge on any atom is 0.241 e. The Morgan fingerprint density at radius 1 is 1.15 bits per heavy atom. The lowest BCUT2D eigenvalue weighted by molar-refractivity contribution is -0.120. The van der Waals surface area contributed by atoms with E-state index in [1.165, 1.54) is 7.11 Å². The van der Waals surface area contributed by atoms with Gasteiger partial charge >= 0.3 is 0 Å². The molecule has 1 atom stereocenters. The Balaban J connectivity index is 2.14. The number of anilines is 1. The third-order valence-electron chi connectivity index (χ3n) is 3.87. The van der Waals surface area contributed by atoms with E-state index >= 15 is 0 Å². The minimum absolute atomic E-state index is 0.136. The lowest BCUT2D eigenvalue weighted by Crippen LogP contribution is -2.41. The fourth-order valence-corrected chi connectivity index (χ4v) is 3.28. The second-order valence-electron chi connectivity index (χ2n) is 5.93. The third kappa shape index (κ3) is 5.40. The summed E-state index contributed by atoms with van der Waals surface area (Å²) < 4.78 is 56.3. The van der Waals surface area contributed by atoms with Gasteiger partial charge in [-0.2, -0.15) is 0 Å². The van der Waals surface area contributed by atoms with Crippen LogP contribution in [0.1, 0.15) is 18.5 Å². The number of rotatable bonds is 7. The summed E-state index contributed by atoms with van der Waals surface area (Å²) in [6, 6.07) is 9.26. The summed E-state index contributed by atoms with van der Waals surface area (Å²) >= 11 is 0. The van der Waals surface area contributed by atoms with Gasteiger partial charge in [0.25, 0.3) is 0 Å². The van der Waals surface area contributed by atoms with E-state index in [9.17, 15) is 22.0 Å². The van der Waals surface area contributed by atoms with Crippen molar-refractivity contribution >= 4 is 21.6 Å². The minimum atomic E-state index is -3.89. The predicted octanol–water partition coefficient (Wildman–Crippen LogP) is 2.62. The van der Waals surface area contributed by atoms with Crippen molar-refractivity contribution in [2.24, 2.45) is 0 Å². The summed E-state index contributed by atoms with van der Waals surface area (Å²) in [7, 11) is -2.35. The van der Waals surface area contributed by atoms with Gasteiger partial charge in [0.05, 0.1) is 25.1 Å². The number of ether oxygens (including phenoxy) is 1. The van der Waals surface area contributed by atoms with E-state index in [-0.39, 0.29) is 5.69 Å². The first-order chi connectivity index (χ1) is 12.6. The van der Waals surface area contributed by atoms with Gasteiger partial charge in [0, 0.05) is 6.07 Å². The summed E-state index contributed by atoms with van der Waals surface area (Å²) in [4.78, 5) is 12.3. The van der Waals surface area contributed by atoms with E-state index < -0.39 is 40.2 Å². The van der Waals surface area contributed by atoms with Crippen molar-refractivity contribution in [3.8, 4) is 5.75 Å². The molecule has 0 aliphatic carbocycles. The number of halogens is 2. The molecule has 0 radical (unpaired) electrons. The molecule has 1 N–H and O–H groups in total. The first-order valence-electron chi connectivity index (χ1n) is 7.98. The molecule has 6 nitrogen and oxygen atoms in total. The number of hydrogen-bond acceptors (Lipinski definition) is 4. The highest BCUT2D eigenvalue weighted by atomic mass is 32.2. The molecule has 0 unspecified atom stereocenters. The fraction of sp³-hybridized carbons (Fsp3) is 0.278. The summed E-state index contributed by atoms with van der Waals surface area (Å²) in [6.07, 6.45) is 0.883. The minimum Gasteiger partial charge on any atom is -0.497 e. The van der Waals surface area contributed by atoms with Crippen LogP contribution in [0.15, 0.2) is 42.5 Å². The molecule has 2 aromatic carbocycles. The molecule has 0 fully saturated rings. The van der Waals surface area contributed by atoms with E-state index in [0.29, 0.717) is 10.1 Å². The third-order valence-corrected chi connectivity index (χ3v) is 5.01. The van der Waals surface area contributed by atoms with Crippen molar-refractivity contribution in [3.63, 3.8) is 0 Å². The summed E-state index contributed by atoms with van der Waals surface area (Å²) in [5.74, 6) is -2.23. The number of sulfonamides is 1. The number of benzene rings is 2. The van der Waals surface area contributed by atoms with Crippen LogP contribution in [0.25, 0.3) is 0 Å². The van der Waals surface area contributed by atoms with Crippen LogP contribution in [0.2, 0.25) is 0 Å². The zero-order valence-electron chi connectivity index (χ0n) is 15.1. The highest BCUT2D eigenvalue weighted by Gasteiger charge is 2.23. The van der Waals surface area contributed by atoms with Gasteiger partial charge in [-0.25, -0.2) is 17.2 Å². The highest BCUT2D eigenvalue weighted by Crippen LogP contribution is 2.21. The van der Waals surface area contributed by atoms with Crippen molar-refractivity contribution < 1.29 is 26.7 Å². The van der Waals surface area contributed by atoms with Gasteiger partial charge in [-0.05, 0) is 36.8 Å². The molecule has 146 valence electrons. The van der Waals surface area contributed by atoms with Crippen LogP contribution >= 0.6 is 0 Å². The molecule has 0 aromatic heterocycles. The number of methoxy groups -OCH3 is 1. The number of nitrogens with zero attached hydrogens (tertiary/aromatic N) is 1. The maximum absolute atomic E-state index is 13.5. The highest BCUT2D eigenvalue weighted by molar-refractivity contribution is 7.92. The molecule has 0 spiro atoms. The zero-order valence-corrected chi connectivity index (χ0v) is 15.9. The van der Waals surface area contributed by atoms with E-state index in [4.69, 9.17) is 4.74 Å². The predicted molar refractivity (Wildman–Crippen MR) is 98.1 cm³/mol. The molecule has 9 heteroatoms. The van der Waals surface area contributed by atoms with Crippen LogP contribution in [-0.4, -0.2) is 34.2 Å². The van der Waals surface area contributed by atoms with Gasteiger partial charge in [-0.1, -0.05) is 12.1 Å². The molecule has 0 bridgehead atoms. The average Bonchev–Trinajstić information content (AvgIpc) is 2.61. The van der Waals surface area contributed by atoms with Crippen molar-refractivity contribution in [1.82, 2.24) is 5.32 Å². The Bertz CT molecular complexity index is 917. The van der Waals surface area contributed by atoms with Gasteiger partial charge in [-0.3, -0.25) is 9.10 Å². The Labute approximate surface area is 156 Å². The second kappa shape index (κ2) is 8.34. The standard InChI is InChI=1S/C18H20F2N2O4S/c1-12(13-4-7-15(26-2)8-5-13)21-18(23)11-22(27(3,24)25)14-6-9-16(19)17(20)10-14/h4-10,12H,11H2,1-3H3,(H,21,23)/t12-/m1/s1. The van der Waals surface area contributed by atoms with Crippen LogP contribution in [0.5, 0.6) is 5.75 Å². The van der Waals surface area contributed by atoms with Gasteiger partial charge in [0.1, 0.15) is 12.3 Å². The van der Waals surface area contributed by atoms with Gasteiger partial charge in [0.15, 0.2) is 11.6 Å². The topological polar surface area (TPSA) is 75.7 Å². The Hall–Kier alpha value is -2.68. The van der Waals surface area contributed by atoms with Crippen molar-refractivity contribution in [3.05, 3.63) is 59.7 Å². The molecule has 0 aliphatic rings. The van der Waals surface area contributed by atoms with Crippen LogP contribution < -0.4 is 14.4 Å². The Kier molecular flexibility index (Phi) is 6.37. The summed E-state index contributed by atoms with van der Waals surface area (Å²) in [5, 5.41) is 2.68. The first-order valence-corrected chi connectivity index (χ1v) is 9.82. The van der Waals surface area contributed by atoms with E-state index in [2.05, 4.69) is 5.32 Å². The van der Waals surface area contributed by atoms with Gasteiger partial charge < -0.3 is 10.1 Å². The number of hydrogen-bond donors (Lipinski definition) is 1. The van der Waals surface area contributed by atoms with Crippen molar-refractivity contribution in [2.75, 3.05) is 24.2 Å². The lowest BCUT2D eigenvalue weighted by Gasteiger charge is -2.23. The molecule has 2 rings (SSSR count). The largest absolute Gasteiger partial charge is 0.497 e. The Morgan fingerprint density at radius 3 is 2.30 bits per heavy atom. The van der Waals surface area contributed by atoms with Crippen LogP contribution in [-0.2, 0) is 14.8 Å². The molecule has 27 heavy (non-hydrogen) atoms. The van der Waals surface area contributed by atoms with E-state index in [1.54, 1.807) is 31.2 Å². The smallest absolute Gasteiger partial charge is 0.241 e. The SMILES string of the molecule is COc1ccc([C@@H](C)NC(=O)CN(c2ccc(F)c(F)c2)S(C)(=O)=O)cc1. The molecule has 0 heterocycles. The summed E-state index contributed by atoms with van der Waals surface area (Å²) in [6.45, 7) is 1.17. The van der Waals surface area contributed by atoms with E-state index in [0.717, 1.165) is 30.0 Å². The average molecular weight is 398 g/mol. The quantitative estimate of drug-likeness (QED) is 0.778. The zero-order chi connectivity index (χ0) is 20.2. The van der Waals surface area contributed by atoms with Crippen LogP contribution in [0.4, 0.5) is 14.5 Å². The van der Waals surface area contributed by atoms with E-state index in [1.807, 2.05) is 0 Å². The molecule has 1 amide bonds. The molecule has 0 saturated carbocycles. The number of carbonyl (C=O) groups is 1. The monoisotopic (exact) mass is 398 g/mol. The normalized spacial score (nSPS) is 12.3. The van der Waals surface area contributed by atoms with Crippen molar-refractivity contribution in [1.29, 1.82) is 0 Å². The number of nitrogens with one attached hydrogen (secondary N) is 1. The van der Waals surface area contributed by atoms with Crippen LogP contribution in [0.3, 0.4) is 0 Å². The fourth-order valence-electron chi connectivity index (χ4n) is 2.43. The Morgan fingerprint density at radius 2 is 1.78 bits per heavy atom. The number of carbonyl (C=O) groups excluding carboxylic acids is 1.